The average molecular weight is 498 g/mol. The number of nitrogens with zero attached hydrogens (tertiary/aromatic N) is 4. The number of ether oxygens (including phenoxy) is 1. The van der Waals surface area contributed by atoms with Crippen molar-refractivity contribution in [3.8, 4) is 11.4 Å². The topological polar surface area (TPSA) is 80.2 Å². The van der Waals surface area contributed by atoms with Gasteiger partial charge in [0.2, 0.25) is 0 Å². The molecule has 3 heterocycles. The highest BCUT2D eigenvalue weighted by molar-refractivity contribution is 7.11. The summed E-state index contributed by atoms with van der Waals surface area (Å²) in [4.78, 5) is 27.3. The molecule has 7 nitrogen and oxygen atoms in total. The molecule has 1 unspecified atom stereocenters. The van der Waals surface area contributed by atoms with E-state index in [2.05, 4.69) is 25.2 Å². The Morgan fingerprint density at radius 1 is 1.18 bits per heavy atom. The van der Waals surface area contributed by atoms with Crippen LogP contribution >= 0.6 is 22.9 Å². The molecule has 0 saturated carbocycles. The number of carbonyl (C=O) groups excluding carboxylic acids is 1. The monoisotopic (exact) mass is 497 g/mol. The van der Waals surface area contributed by atoms with Crippen LogP contribution in [-0.4, -0.2) is 58.6 Å². The van der Waals surface area contributed by atoms with Crippen LogP contribution in [0.3, 0.4) is 0 Å². The number of hydrogen-bond donors (Lipinski definition) is 1. The molecule has 1 N–H and O–H groups in total. The normalized spacial score (nSPS) is 15.5. The summed E-state index contributed by atoms with van der Waals surface area (Å²) in [6, 6.07) is 4.35. The Labute approximate surface area is 196 Å². The number of morpholine rings is 1. The largest absolute Gasteiger partial charge is 0.379 e. The Balaban J connectivity index is 1.53. The second-order valence-corrected chi connectivity index (χ2v) is 8.70. The predicted octanol–water partition coefficient (Wildman–Crippen LogP) is 4.13. The van der Waals surface area contributed by atoms with Crippen molar-refractivity contribution in [2.75, 3.05) is 32.8 Å². The van der Waals surface area contributed by atoms with Gasteiger partial charge in [0.25, 0.3) is 12.3 Å². The first-order chi connectivity index (χ1) is 15.9. The molecular weight excluding hydrogens is 479 g/mol. The van der Waals surface area contributed by atoms with Crippen molar-refractivity contribution in [1.82, 2.24) is 25.2 Å². The molecule has 12 heteroatoms. The zero-order valence-corrected chi connectivity index (χ0v) is 18.8. The molecule has 1 amide bonds. The summed E-state index contributed by atoms with van der Waals surface area (Å²) in [5.41, 5.74) is 0.693. The number of aromatic nitrogens is 3. The van der Waals surface area contributed by atoms with Gasteiger partial charge in [0.05, 0.1) is 42.2 Å². The molecular formula is C21H19ClF3N5O2S. The van der Waals surface area contributed by atoms with E-state index in [1.807, 2.05) is 0 Å². The first kappa shape index (κ1) is 23.6. The fourth-order valence-electron chi connectivity index (χ4n) is 3.44. The summed E-state index contributed by atoms with van der Waals surface area (Å²) in [7, 11) is 0. The van der Waals surface area contributed by atoms with E-state index in [4.69, 9.17) is 16.3 Å². The Bertz CT molecular complexity index is 1110. The molecule has 3 aromatic rings. The molecule has 1 aliphatic rings. The van der Waals surface area contributed by atoms with Gasteiger partial charge in [-0.05, 0) is 18.2 Å². The van der Waals surface area contributed by atoms with Crippen molar-refractivity contribution in [2.45, 2.75) is 12.5 Å². The van der Waals surface area contributed by atoms with Crippen LogP contribution in [0.4, 0.5) is 13.2 Å². The number of thiazole rings is 1. The van der Waals surface area contributed by atoms with Gasteiger partial charge in [0, 0.05) is 36.3 Å². The lowest BCUT2D eigenvalue weighted by Gasteiger charge is -2.33. The number of carbonyl (C=O) groups is 1. The van der Waals surface area contributed by atoms with E-state index in [0.29, 0.717) is 36.7 Å². The predicted molar refractivity (Wildman–Crippen MR) is 117 cm³/mol. The van der Waals surface area contributed by atoms with E-state index in [0.717, 1.165) is 23.7 Å². The van der Waals surface area contributed by atoms with Gasteiger partial charge in [-0.25, -0.2) is 28.1 Å². The maximum atomic E-state index is 13.1. The van der Waals surface area contributed by atoms with Crippen molar-refractivity contribution in [2.24, 2.45) is 0 Å². The van der Waals surface area contributed by atoms with Crippen molar-refractivity contribution in [1.29, 1.82) is 0 Å². The number of alkyl halides is 2. The van der Waals surface area contributed by atoms with E-state index in [9.17, 15) is 18.0 Å². The number of amides is 1. The van der Waals surface area contributed by atoms with E-state index >= 15 is 0 Å². The molecule has 1 aromatic carbocycles. The fraction of sp³-hybridized carbons (Fsp3) is 0.333. The zero-order chi connectivity index (χ0) is 23.4. The van der Waals surface area contributed by atoms with Crippen LogP contribution in [0.25, 0.3) is 11.4 Å². The third-order valence-electron chi connectivity index (χ3n) is 5.09. The fourth-order valence-corrected chi connectivity index (χ4v) is 4.55. The van der Waals surface area contributed by atoms with E-state index in [-0.39, 0.29) is 34.0 Å². The van der Waals surface area contributed by atoms with E-state index < -0.39 is 18.1 Å². The van der Waals surface area contributed by atoms with Crippen LogP contribution in [0.1, 0.15) is 32.7 Å². The molecule has 0 spiro atoms. The number of rotatable bonds is 7. The van der Waals surface area contributed by atoms with Gasteiger partial charge in [0.15, 0.2) is 16.6 Å². The molecule has 2 aromatic heterocycles. The first-order valence-corrected chi connectivity index (χ1v) is 11.2. The maximum absolute atomic E-state index is 13.1. The highest BCUT2D eigenvalue weighted by atomic mass is 35.5. The molecule has 174 valence electrons. The highest BCUT2D eigenvalue weighted by Gasteiger charge is 2.27. The highest BCUT2D eigenvalue weighted by Crippen LogP contribution is 2.31. The summed E-state index contributed by atoms with van der Waals surface area (Å²) in [5, 5.41) is 2.81. The van der Waals surface area contributed by atoms with Crippen molar-refractivity contribution >= 4 is 28.8 Å². The van der Waals surface area contributed by atoms with Gasteiger partial charge >= 0.3 is 0 Å². The first-order valence-electron chi connectivity index (χ1n) is 10.0. The molecule has 0 radical (unpaired) electrons. The Morgan fingerprint density at radius 2 is 1.91 bits per heavy atom. The van der Waals surface area contributed by atoms with Crippen LogP contribution in [-0.2, 0) is 4.74 Å². The van der Waals surface area contributed by atoms with Gasteiger partial charge in [-0.3, -0.25) is 9.69 Å². The third-order valence-corrected chi connectivity index (χ3v) is 6.52. The van der Waals surface area contributed by atoms with Crippen LogP contribution in [0, 0.1) is 5.82 Å². The molecule has 4 rings (SSSR count). The van der Waals surface area contributed by atoms with E-state index in [1.54, 1.807) is 6.07 Å². The second-order valence-electron chi connectivity index (χ2n) is 7.20. The minimum atomic E-state index is -2.65. The summed E-state index contributed by atoms with van der Waals surface area (Å²) in [6.07, 6.45) is 0.843. The number of hydrogen-bond acceptors (Lipinski definition) is 7. The average Bonchev–Trinajstić information content (AvgIpc) is 3.31. The SMILES string of the molecule is O=C(NCC(c1cnc(C(F)F)s1)N1CCOCC1)c1cc(-c2ncc(F)cn2)ccc1Cl. The second kappa shape index (κ2) is 10.6. The van der Waals surface area contributed by atoms with Crippen LogP contribution < -0.4 is 5.32 Å². The third kappa shape index (κ3) is 5.67. The van der Waals surface area contributed by atoms with Gasteiger partial charge in [0.1, 0.15) is 0 Å². The minimum absolute atomic E-state index is 0.164. The molecule has 1 saturated heterocycles. The lowest BCUT2D eigenvalue weighted by atomic mass is 10.1. The van der Waals surface area contributed by atoms with Crippen LogP contribution in [0.2, 0.25) is 5.02 Å². The quantitative estimate of drug-likeness (QED) is 0.528. The summed E-state index contributed by atoms with van der Waals surface area (Å²) >= 11 is 7.17. The Morgan fingerprint density at radius 3 is 2.58 bits per heavy atom. The molecule has 0 bridgehead atoms. The van der Waals surface area contributed by atoms with Gasteiger partial charge in [-0.15, -0.1) is 11.3 Å². The van der Waals surface area contributed by atoms with Gasteiger partial charge in [-0.2, -0.15) is 0 Å². The van der Waals surface area contributed by atoms with Gasteiger partial charge < -0.3 is 10.1 Å². The smallest absolute Gasteiger partial charge is 0.289 e. The van der Waals surface area contributed by atoms with Crippen LogP contribution in [0.15, 0.2) is 36.8 Å². The van der Waals surface area contributed by atoms with E-state index in [1.165, 1.54) is 18.3 Å². The standard InChI is InChI=1S/C21H19ClF3N5O2S/c22-15-2-1-12(19-26-8-13(23)9-27-19)7-14(15)20(31)28-10-16(30-3-5-32-6-4-30)17-11-29-21(33-17)18(24)25/h1-2,7-9,11,16,18H,3-6,10H2,(H,28,31). The summed E-state index contributed by atoms with van der Waals surface area (Å²) < 4.78 is 44.6. The molecule has 33 heavy (non-hydrogen) atoms. The molecule has 1 fully saturated rings. The van der Waals surface area contributed by atoms with Crippen molar-refractivity contribution in [3.05, 3.63) is 63.1 Å². The van der Waals surface area contributed by atoms with Crippen molar-refractivity contribution in [3.63, 3.8) is 0 Å². The molecule has 0 aliphatic carbocycles. The zero-order valence-electron chi connectivity index (χ0n) is 17.2. The Kier molecular flexibility index (Phi) is 7.53. The lowest BCUT2D eigenvalue weighted by Crippen LogP contribution is -2.43. The maximum Gasteiger partial charge on any atom is 0.289 e. The number of nitrogens with one attached hydrogen (secondary N) is 1. The van der Waals surface area contributed by atoms with Gasteiger partial charge in [-0.1, -0.05) is 11.6 Å². The summed E-state index contributed by atoms with van der Waals surface area (Å²) in [6.45, 7) is 2.38. The lowest BCUT2D eigenvalue weighted by molar-refractivity contribution is 0.0169. The Hall–Kier alpha value is -2.60. The molecule has 1 atom stereocenters. The number of benzene rings is 1. The molecule has 1 aliphatic heterocycles. The summed E-state index contributed by atoms with van der Waals surface area (Å²) in [5.74, 6) is -0.767. The van der Waals surface area contributed by atoms with Crippen molar-refractivity contribution < 1.29 is 22.7 Å². The van der Waals surface area contributed by atoms with Crippen LogP contribution in [0.5, 0.6) is 0 Å². The number of halogens is 4. The minimum Gasteiger partial charge on any atom is -0.379 e.